The number of phenols is 1. The van der Waals surface area contributed by atoms with Crippen LogP contribution in [0.2, 0.25) is 0 Å². The molecular formula is C16H23N3O. The van der Waals surface area contributed by atoms with Crippen molar-refractivity contribution in [2.75, 3.05) is 6.54 Å². The number of benzene rings is 1. The fraction of sp³-hybridized carbons (Fsp3) is 0.438. The zero-order valence-corrected chi connectivity index (χ0v) is 12.4. The molecule has 0 aliphatic rings. The molecule has 4 nitrogen and oxygen atoms in total. The molecule has 108 valence electrons. The number of nitrogens with zero attached hydrogens (tertiary/aromatic N) is 2. The van der Waals surface area contributed by atoms with E-state index in [1.165, 1.54) is 11.1 Å². The van der Waals surface area contributed by atoms with E-state index in [9.17, 15) is 5.11 Å². The maximum Gasteiger partial charge on any atom is 0.115 e. The molecule has 0 radical (unpaired) electrons. The fourth-order valence-electron chi connectivity index (χ4n) is 1.95. The Morgan fingerprint density at radius 3 is 2.45 bits per heavy atom. The van der Waals surface area contributed by atoms with Crippen LogP contribution in [0.25, 0.3) is 0 Å². The van der Waals surface area contributed by atoms with Crippen molar-refractivity contribution in [1.29, 1.82) is 0 Å². The summed E-state index contributed by atoms with van der Waals surface area (Å²) in [7, 11) is 0. The van der Waals surface area contributed by atoms with E-state index < -0.39 is 0 Å². The van der Waals surface area contributed by atoms with Crippen LogP contribution in [0.3, 0.4) is 0 Å². The van der Waals surface area contributed by atoms with Gasteiger partial charge in [-0.25, -0.2) is 0 Å². The number of hydrogen-bond acceptors (Lipinski definition) is 3. The lowest BCUT2D eigenvalue weighted by Gasteiger charge is -2.18. The molecule has 0 bridgehead atoms. The first kappa shape index (κ1) is 14.6. The fourth-order valence-corrected chi connectivity index (χ4v) is 1.95. The molecule has 0 aliphatic carbocycles. The second-order valence-corrected chi connectivity index (χ2v) is 6.06. The smallest absolute Gasteiger partial charge is 0.115 e. The average Bonchev–Trinajstić information content (AvgIpc) is 2.85. The van der Waals surface area contributed by atoms with Gasteiger partial charge in [-0.05, 0) is 51.4 Å². The highest BCUT2D eigenvalue weighted by Crippen LogP contribution is 2.13. The SMILES string of the molecule is CC(C)(C)n1cc(CNCCc2ccc(O)cc2)cn1. The van der Waals surface area contributed by atoms with Crippen LogP contribution in [0.5, 0.6) is 5.75 Å². The first-order valence-corrected chi connectivity index (χ1v) is 6.98. The Kier molecular flexibility index (Phi) is 4.45. The molecule has 2 aromatic rings. The lowest BCUT2D eigenvalue weighted by molar-refractivity contribution is 0.355. The normalized spacial score (nSPS) is 11.8. The van der Waals surface area contributed by atoms with Crippen LogP contribution in [-0.4, -0.2) is 21.4 Å². The van der Waals surface area contributed by atoms with Gasteiger partial charge < -0.3 is 10.4 Å². The van der Waals surface area contributed by atoms with Crippen molar-refractivity contribution < 1.29 is 5.11 Å². The Morgan fingerprint density at radius 1 is 1.15 bits per heavy atom. The Balaban J connectivity index is 1.76. The monoisotopic (exact) mass is 273 g/mol. The molecule has 0 fully saturated rings. The number of aromatic nitrogens is 2. The molecule has 0 saturated carbocycles. The molecule has 0 spiro atoms. The number of phenolic OH excluding ortho intramolecular Hbond substituents is 1. The van der Waals surface area contributed by atoms with Gasteiger partial charge in [-0.1, -0.05) is 12.1 Å². The maximum absolute atomic E-state index is 9.22. The highest BCUT2D eigenvalue weighted by Gasteiger charge is 2.13. The highest BCUT2D eigenvalue weighted by molar-refractivity contribution is 5.26. The van der Waals surface area contributed by atoms with Crippen LogP contribution in [-0.2, 0) is 18.5 Å². The molecule has 4 heteroatoms. The minimum atomic E-state index is 0.0320. The van der Waals surface area contributed by atoms with Gasteiger partial charge in [0, 0.05) is 18.3 Å². The van der Waals surface area contributed by atoms with E-state index >= 15 is 0 Å². The molecule has 1 aromatic carbocycles. The Bertz CT molecular complexity index is 538. The van der Waals surface area contributed by atoms with Crippen molar-refractivity contribution in [2.45, 2.75) is 39.3 Å². The molecular weight excluding hydrogens is 250 g/mol. The Labute approximate surface area is 120 Å². The number of nitrogens with one attached hydrogen (secondary N) is 1. The summed E-state index contributed by atoms with van der Waals surface area (Å²) in [5.74, 6) is 0.316. The van der Waals surface area contributed by atoms with Gasteiger partial charge >= 0.3 is 0 Å². The van der Waals surface area contributed by atoms with Crippen molar-refractivity contribution in [1.82, 2.24) is 15.1 Å². The molecule has 2 rings (SSSR count). The van der Waals surface area contributed by atoms with Crippen LogP contribution in [0.15, 0.2) is 36.7 Å². The minimum Gasteiger partial charge on any atom is -0.508 e. The van der Waals surface area contributed by atoms with E-state index in [1.54, 1.807) is 12.1 Å². The largest absolute Gasteiger partial charge is 0.508 e. The Morgan fingerprint density at radius 2 is 1.85 bits per heavy atom. The van der Waals surface area contributed by atoms with Crippen LogP contribution in [0.4, 0.5) is 0 Å². The van der Waals surface area contributed by atoms with Crippen molar-refractivity contribution in [3.05, 3.63) is 47.8 Å². The summed E-state index contributed by atoms with van der Waals surface area (Å²) in [6.45, 7) is 8.16. The molecule has 0 amide bonds. The summed E-state index contributed by atoms with van der Waals surface area (Å²) in [5.41, 5.74) is 2.45. The van der Waals surface area contributed by atoms with E-state index in [0.717, 1.165) is 19.5 Å². The molecule has 0 atom stereocenters. The predicted octanol–water partition coefficient (Wildman–Crippen LogP) is 2.68. The molecule has 0 saturated heterocycles. The lowest BCUT2D eigenvalue weighted by atomic mass is 10.1. The summed E-state index contributed by atoms with van der Waals surface area (Å²) in [6.07, 6.45) is 4.96. The summed E-state index contributed by atoms with van der Waals surface area (Å²) < 4.78 is 1.99. The van der Waals surface area contributed by atoms with Crippen LogP contribution < -0.4 is 5.32 Å². The van der Waals surface area contributed by atoms with E-state index in [1.807, 2.05) is 23.0 Å². The lowest BCUT2D eigenvalue weighted by Crippen LogP contribution is -2.22. The van der Waals surface area contributed by atoms with Gasteiger partial charge in [-0.3, -0.25) is 4.68 Å². The van der Waals surface area contributed by atoms with Crippen LogP contribution in [0.1, 0.15) is 31.9 Å². The van der Waals surface area contributed by atoms with Gasteiger partial charge in [-0.2, -0.15) is 5.10 Å². The second-order valence-electron chi connectivity index (χ2n) is 6.06. The van der Waals surface area contributed by atoms with Crippen LogP contribution in [0, 0.1) is 0 Å². The van der Waals surface area contributed by atoms with Gasteiger partial charge in [-0.15, -0.1) is 0 Å². The minimum absolute atomic E-state index is 0.0320. The van der Waals surface area contributed by atoms with Crippen LogP contribution >= 0.6 is 0 Å². The van der Waals surface area contributed by atoms with Gasteiger partial charge in [0.1, 0.15) is 5.75 Å². The molecule has 20 heavy (non-hydrogen) atoms. The second kappa shape index (κ2) is 6.09. The summed E-state index contributed by atoms with van der Waals surface area (Å²) in [6, 6.07) is 7.36. The Hall–Kier alpha value is -1.81. The van der Waals surface area contributed by atoms with E-state index in [2.05, 4.69) is 37.4 Å². The summed E-state index contributed by atoms with van der Waals surface area (Å²) in [4.78, 5) is 0. The zero-order valence-electron chi connectivity index (χ0n) is 12.4. The van der Waals surface area contributed by atoms with E-state index in [-0.39, 0.29) is 5.54 Å². The van der Waals surface area contributed by atoms with Crippen molar-refractivity contribution in [3.8, 4) is 5.75 Å². The average molecular weight is 273 g/mol. The molecule has 1 heterocycles. The standard InChI is InChI=1S/C16H23N3O/c1-16(2,3)19-12-14(11-18-19)10-17-9-8-13-4-6-15(20)7-5-13/h4-7,11-12,17,20H,8-10H2,1-3H3. The summed E-state index contributed by atoms with van der Waals surface area (Å²) >= 11 is 0. The van der Waals surface area contributed by atoms with E-state index in [0.29, 0.717) is 5.75 Å². The maximum atomic E-state index is 9.22. The highest BCUT2D eigenvalue weighted by atomic mass is 16.3. The number of aromatic hydroxyl groups is 1. The van der Waals surface area contributed by atoms with Crippen molar-refractivity contribution >= 4 is 0 Å². The third kappa shape index (κ3) is 4.10. The third-order valence-corrected chi connectivity index (χ3v) is 3.18. The van der Waals surface area contributed by atoms with Gasteiger partial charge in [0.15, 0.2) is 0 Å². The first-order chi connectivity index (χ1) is 9.45. The van der Waals surface area contributed by atoms with Gasteiger partial charge in [0.05, 0.1) is 11.7 Å². The van der Waals surface area contributed by atoms with Crippen molar-refractivity contribution in [3.63, 3.8) is 0 Å². The molecule has 0 aliphatic heterocycles. The zero-order chi connectivity index (χ0) is 14.6. The molecule has 0 unspecified atom stereocenters. The van der Waals surface area contributed by atoms with Gasteiger partial charge in [0.2, 0.25) is 0 Å². The predicted molar refractivity (Wildman–Crippen MR) is 80.7 cm³/mol. The number of hydrogen-bond donors (Lipinski definition) is 2. The van der Waals surface area contributed by atoms with E-state index in [4.69, 9.17) is 0 Å². The third-order valence-electron chi connectivity index (χ3n) is 3.18. The topological polar surface area (TPSA) is 50.1 Å². The molecule has 2 N–H and O–H groups in total. The molecule has 1 aromatic heterocycles. The number of rotatable bonds is 5. The summed E-state index contributed by atoms with van der Waals surface area (Å²) in [5, 5.41) is 17.0. The van der Waals surface area contributed by atoms with Gasteiger partial charge in [0.25, 0.3) is 0 Å². The van der Waals surface area contributed by atoms with Crippen molar-refractivity contribution in [2.24, 2.45) is 0 Å². The quantitative estimate of drug-likeness (QED) is 0.823. The first-order valence-electron chi connectivity index (χ1n) is 6.98.